The van der Waals surface area contributed by atoms with Gasteiger partial charge in [0.1, 0.15) is 0 Å². The molecule has 0 spiro atoms. The Hall–Kier alpha value is -9.76. The summed E-state index contributed by atoms with van der Waals surface area (Å²) in [7, 11) is 0. The summed E-state index contributed by atoms with van der Waals surface area (Å²) in [6, 6.07) is 104. The van der Waals surface area contributed by atoms with Crippen molar-refractivity contribution in [1.29, 1.82) is 0 Å². The molecule has 0 bridgehead atoms. The van der Waals surface area contributed by atoms with E-state index in [1.807, 2.05) is 0 Å². The van der Waals surface area contributed by atoms with Gasteiger partial charge >= 0.3 is 0 Å². The predicted molar refractivity (Wildman–Crippen MR) is 311 cm³/mol. The molecule has 0 amide bonds. The van der Waals surface area contributed by atoms with Gasteiger partial charge in [0.25, 0.3) is 0 Å². The van der Waals surface area contributed by atoms with Crippen molar-refractivity contribution in [3.63, 3.8) is 0 Å². The van der Waals surface area contributed by atoms with E-state index in [4.69, 9.17) is 9.97 Å². The zero-order chi connectivity index (χ0) is 49.2. The first kappa shape index (κ1) is 44.2. The molecule has 0 unspecified atom stereocenters. The molecule has 13 rings (SSSR count). The van der Waals surface area contributed by atoms with Gasteiger partial charge in [-0.3, -0.25) is 0 Å². The molecule has 0 radical (unpaired) electrons. The van der Waals surface area contributed by atoms with Gasteiger partial charge in [-0.25, -0.2) is 9.97 Å². The lowest BCUT2D eigenvalue weighted by molar-refractivity contribution is 1.23. The fourth-order valence-electron chi connectivity index (χ4n) is 10.6. The first-order valence-electron chi connectivity index (χ1n) is 25.3. The van der Waals surface area contributed by atoms with Crippen LogP contribution in [0.15, 0.2) is 291 Å². The Bertz CT molecular complexity index is 4160. The van der Waals surface area contributed by atoms with Crippen molar-refractivity contribution in [2.45, 2.75) is 0 Å². The minimum atomic E-state index is 0.695. The van der Waals surface area contributed by atoms with Gasteiger partial charge in [-0.05, 0) is 130 Å². The van der Waals surface area contributed by atoms with Crippen molar-refractivity contribution in [3.8, 4) is 112 Å². The van der Waals surface area contributed by atoms with Crippen LogP contribution in [0.2, 0.25) is 0 Å². The van der Waals surface area contributed by atoms with Crippen molar-refractivity contribution in [1.82, 2.24) is 9.97 Å². The van der Waals surface area contributed by atoms with Crippen LogP contribution in [-0.2, 0) is 0 Å². The molecule has 13 aromatic rings. The van der Waals surface area contributed by atoms with Crippen LogP contribution in [0.25, 0.3) is 133 Å². The van der Waals surface area contributed by atoms with E-state index in [2.05, 4.69) is 291 Å². The summed E-state index contributed by atoms with van der Waals surface area (Å²) in [5.74, 6) is 0.695. The topological polar surface area (TPSA) is 25.8 Å². The quantitative estimate of drug-likeness (QED) is 0.128. The molecule has 0 N–H and O–H groups in total. The summed E-state index contributed by atoms with van der Waals surface area (Å²) in [6.07, 6.45) is 0. The van der Waals surface area contributed by atoms with Crippen LogP contribution >= 0.6 is 0 Å². The van der Waals surface area contributed by atoms with E-state index in [1.165, 1.54) is 66.8 Å². The van der Waals surface area contributed by atoms with Crippen LogP contribution < -0.4 is 0 Å². The molecule has 2 nitrogen and oxygen atoms in total. The molecule has 0 aliphatic rings. The molecule has 0 saturated carbocycles. The van der Waals surface area contributed by atoms with E-state index in [-0.39, 0.29) is 0 Å². The van der Waals surface area contributed by atoms with Crippen LogP contribution in [0.4, 0.5) is 0 Å². The largest absolute Gasteiger partial charge is 0.228 e. The lowest BCUT2D eigenvalue weighted by Gasteiger charge is -2.14. The number of hydrogen-bond acceptors (Lipinski definition) is 2. The highest BCUT2D eigenvalue weighted by Crippen LogP contribution is 2.39. The Kier molecular flexibility index (Phi) is 11.6. The monoisotopic (exact) mass is 940 g/mol. The van der Waals surface area contributed by atoms with Crippen LogP contribution in [0.3, 0.4) is 0 Å². The Morgan fingerprint density at radius 2 is 0.554 bits per heavy atom. The van der Waals surface area contributed by atoms with E-state index in [9.17, 15) is 0 Å². The predicted octanol–water partition coefficient (Wildman–Crippen LogP) is 19.5. The van der Waals surface area contributed by atoms with Crippen LogP contribution in [-0.4, -0.2) is 9.97 Å². The van der Waals surface area contributed by atoms with E-state index in [0.29, 0.717) is 5.82 Å². The number of hydrogen-bond donors (Lipinski definition) is 0. The van der Waals surface area contributed by atoms with E-state index in [1.54, 1.807) is 0 Å². The summed E-state index contributed by atoms with van der Waals surface area (Å²) in [4.78, 5) is 10.6. The number of nitrogens with zero attached hydrogens (tertiary/aromatic N) is 2. The van der Waals surface area contributed by atoms with Gasteiger partial charge in [-0.15, -0.1) is 0 Å². The molecular formula is C72H48N2. The highest BCUT2D eigenvalue weighted by molar-refractivity contribution is 6.12. The molecule has 0 fully saturated rings. The Balaban J connectivity index is 0.805. The SMILES string of the molecule is c1ccc(-c2ccccc2-c2cccc(-c3cccc(-c4ccc(-c5nc(-c6ccc(-c7cccc(-c8cccc(-c9ccccc9-c9ccccc9)c8)c7)cc6)c6c(ccc7ccccc76)n5)cc4)c3)c2)cc1. The minimum Gasteiger partial charge on any atom is -0.228 e. The molecule has 0 atom stereocenters. The van der Waals surface area contributed by atoms with E-state index in [0.717, 1.165) is 60.8 Å². The minimum absolute atomic E-state index is 0.695. The second kappa shape index (κ2) is 19.4. The highest BCUT2D eigenvalue weighted by atomic mass is 14.9. The maximum Gasteiger partial charge on any atom is 0.160 e. The molecular weight excluding hydrogens is 893 g/mol. The first-order chi connectivity index (χ1) is 36.7. The standard InChI is InChI=1S/C72H48N2/c1-3-17-51(18-4-1)64-30-9-11-32-66(64)62-28-15-26-60(47-62)58-24-13-22-56(45-58)49-35-39-54(40-36-49)71-70-68-34-8-7-21-53(68)43-44-69(70)73-72(74-71)55-41-37-50(38-42-55)57-23-14-25-59(46-57)61-27-16-29-63(48-61)67-33-12-10-31-65(67)52-19-5-2-6-20-52/h1-48H. The smallest absolute Gasteiger partial charge is 0.160 e. The number of rotatable bonds is 10. The summed E-state index contributed by atoms with van der Waals surface area (Å²) in [6.45, 7) is 0. The Morgan fingerprint density at radius 1 is 0.203 bits per heavy atom. The maximum atomic E-state index is 5.41. The fraction of sp³-hybridized carbons (Fsp3) is 0. The van der Waals surface area contributed by atoms with Crippen molar-refractivity contribution < 1.29 is 0 Å². The fourth-order valence-corrected chi connectivity index (χ4v) is 10.6. The molecule has 1 aromatic heterocycles. The van der Waals surface area contributed by atoms with E-state index >= 15 is 0 Å². The normalized spacial score (nSPS) is 11.2. The zero-order valence-corrected chi connectivity index (χ0v) is 40.6. The molecule has 2 heteroatoms. The summed E-state index contributed by atoms with van der Waals surface area (Å²) < 4.78 is 0. The highest BCUT2D eigenvalue weighted by Gasteiger charge is 2.17. The molecule has 12 aromatic carbocycles. The summed E-state index contributed by atoms with van der Waals surface area (Å²) in [5, 5.41) is 3.35. The van der Waals surface area contributed by atoms with Crippen molar-refractivity contribution >= 4 is 21.7 Å². The average molecular weight is 941 g/mol. The lowest BCUT2D eigenvalue weighted by Crippen LogP contribution is -1.96. The molecule has 74 heavy (non-hydrogen) atoms. The second-order valence-corrected chi connectivity index (χ2v) is 18.9. The maximum absolute atomic E-state index is 5.41. The zero-order valence-electron chi connectivity index (χ0n) is 40.6. The lowest BCUT2D eigenvalue weighted by atomic mass is 9.92. The first-order valence-corrected chi connectivity index (χ1v) is 25.3. The van der Waals surface area contributed by atoms with Gasteiger partial charge in [-0.2, -0.15) is 0 Å². The van der Waals surface area contributed by atoms with Gasteiger partial charge in [0, 0.05) is 16.5 Å². The molecule has 0 aliphatic heterocycles. The Labute approximate surface area is 432 Å². The van der Waals surface area contributed by atoms with Crippen LogP contribution in [0.1, 0.15) is 0 Å². The van der Waals surface area contributed by atoms with Gasteiger partial charge in [0.15, 0.2) is 5.82 Å². The third kappa shape index (κ3) is 8.65. The van der Waals surface area contributed by atoms with Crippen LogP contribution in [0.5, 0.6) is 0 Å². The summed E-state index contributed by atoms with van der Waals surface area (Å²) in [5.41, 5.74) is 22.8. The number of aromatic nitrogens is 2. The Morgan fingerprint density at radius 3 is 1.04 bits per heavy atom. The van der Waals surface area contributed by atoms with Crippen molar-refractivity contribution in [2.24, 2.45) is 0 Å². The average Bonchev–Trinajstić information content (AvgIpc) is 3.51. The molecule has 0 aliphatic carbocycles. The molecule has 1 heterocycles. The van der Waals surface area contributed by atoms with Crippen molar-refractivity contribution in [3.05, 3.63) is 291 Å². The summed E-state index contributed by atoms with van der Waals surface area (Å²) >= 11 is 0. The molecule has 0 saturated heterocycles. The number of benzene rings is 12. The van der Waals surface area contributed by atoms with Gasteiger partial charge in [-0.1, -0.05) is 261 Å². The second-order valence-electron chi connectivity index (χ2n) is 18.9. The van der Waals surface area contributed by atoms with Crippen LogP contribution in [0, 0.1) is 0 Å². The van der Waals surface area contributed by atoms with Gasteiger partial charge in [0.05, 0.1) is 11.2 Å². The third-order valence-electron chi connectivity index (χ3n) is 14.3. The van der Waals surface area contributed by atoms with Crippen molar-refractivity contribution in [2.75, 3.05) is 0 Å². The number of fused-ring (bicyclic) bond motifs is 3. The van der Waals surface area contributed by atoms with Gasteiger partial charge < -0.3 is 0 Å². The molecule has 346 valence electrons. The third-order valence-corrected chi connectivity index (χ3v) is 14.3. The van der Waals surface area contributed by atoms with Gasteiger partial charge in [0.2, 0.25) is 0 Å². The van der Waals surface area contributed by atoms with E-state index < -0.39 is 0 Å².